The van der Waals surface area contributed by atoms with Crippen molar-refractivity contribution < 1.29 is 27.1 Å². The van der Waals surface area contributed by atoms with Crippen LogP contribution in [0.15, 0.2) is 41.8 Å². The predicted octanol–water partition coefficient (Wildman–Crippen LogP) is 3.40. The number of Topliss-reactive ketones (excluding diaryl/α,β-unsaturated/α-hetero) is 1. The lowest BCUT2D eigenvalue weighted by Gasteiger charge is -2.26. The Morgan fingerprint density at radius 3 is 2.40 bits per heavy atom. The standard InChI is InChI=1S/C21H25FN2O5S/c1-6-12-24(30(27,28)17-10-8-16(22)9-11-17)15(5)20(25)18-13(3)19(23-14(18)4)21(26)29-7-2/h6,8-11,15,23H,1,7,12H2,2-5H3. The van der Waals surface area contributed by atoms with Crippen LogP contribution in [0.25, 0.3) is 0 Å². The number of aromatic amines is 1. The molecule has 0 aliphatic rings. The first kappa shape index (κ1) is 23.5. The molecule has 1 aromatic heterocycles. The van der Waals surface area contributed by atoms with Crippen LogP contribution in [0.3, 0.4) is 0 Å². The Kier molecular flexibility index (Phi) is 7.33. The maximum Gasteiger partial charge on any atom is 0.355 e. The van der Waals surface area contributed by atoms with Gasteiger partial charge in [0.25, 0.3) is 0 Å². The fourth-order valence-corrected chi connectivity index (χ4v) is 4.76. The molecule has 2 aromatic rings. The van der Waals surface area contributed by atoms with Gasteiger partial charge in [0, 0.05) is 17.8 Å². The predicted molar refractivity (Wildman–Crippen MR) is 111 cm³/mol. The quantitative estimate of drug-likeness (QED) is 0.369. The van der Waals surface area contributed by atoms with Gasteiger partial charge in [-0.15, -0.1) is 6.58 Å². The Labute approximate surface area is 175 Å². The van der Waals surface area contributed by atoms with Crippen molar-refractivity contribution in [3.63, 3.8) is 0 Å². The number of aryl methyl sites for hydroxylation is 1. The van der Waals surface area contributed by atoms with Crippen LogP contribution < -0.4 is 0 Å². The molecule has 1 heterocycles. The molecule has 30 heavy (non-hydrogen) atoms. The number of ether oxygens (including phenoxy) is 1. The molecule has 0 radical (unpaired) electrons. The van der Waals surface area contributed by atoms with Crippen molar-refractivity contribution >= 4 is 21.8 Å². The van der Waals surface area contributed by atoms with Crippen LogP contribution in [-0.2, 0) is 14.8 Å². The monoisotopic (exact) mass is 436 g/mol. The number of rotatable bonds is 9. The van der Waals surface area contributed by atoms with Crippen LogP contribution >= 0.6 is 0 Å². The zero-order chi connectivity index (χ0) is 22.6. The van der Waals surface area contributed by atoms with E-state index in [0.717, 1.165) is 28.6 Å². The molecule has 0 amide bonds. The number of carbonyl (C=O) groups is 2. The number of sulfonamides is 1. The maximum atomic E-state index is 13.3. The van der Waals surface area contributed by atoms with Crippen LogP contribution in [0.4, 0.5) is 4.39 Å². The number of benzene rings is 1. The average molecular weight is 437 g/mol. The zero-order valence-corrected chi connectivity index (χ0v) is 18.2. The van der Waals surface area contributed by atoms with E-state index in [1.807, 2.05) is 0 Å². The van der Waals surface area contributed by atoms with E-state index in [9.17, 15) is 22.4 Å². The molecule has 7 nitrogen and oxygen atoms in total. The van der Waals surface area contributed by atoms with E-state index in [0.29, 0.717) is 11.3 Å². The second-order valence-corrected chi connectivity index (χ2v) is 8.59. The molecule has 2 rings (SSSR count). The van der Waals surface area contributed by atoms with E-state index in [4.69, 9.17) is 4.74 Å². The summed E-state index contributed by atoms with van der Waals surface area (Å²) in [5.41, 5.74) is 1.21. The number of halogens is 1. The molecule has 0 aliphatic carbocycles. The second kappa shape index (κ2) is 9.36. The number of nitrogens with zero attached hydrogens (tertiary/aromatic N) is 1. The van der Waals surface area contributed by atoms with E-state index < -0.39 is 33.6 Å². The minimum absolute atomic E-state index is 0.125. The van der Waals surface area contributed by atoms with Gasteiger partial charge in [-0.1, -0.05) is 6.08 Å². The van der Waals surface area contributed by atoms with Crippen LogP contribution in [-0.4, -0.2) is 48.7 Å². The largest absolute Gasteiger partial charge is 0.461 e. The van der Waals surface area contributed by atoms with Crippen molar-refractivity contribution in [2.75, 3.05) is 13.2 Å². The molecular weight excluding hydrogens is 411 g/mol. The molecule has 0 spiro atoms. The van der Waals surface area contributed by atoms with Crippen molar-refractivity contribution in [1.82, 2.24) is 9.29 Å². The summed E-state index contributed by atoms with van der Waals surface area (Å²) in [6.07, 6.45) is 1.37. The number of hydrogen-bond acceptors (Lipinski definition) is 5. The molecule has 162 valence electrons. The normalized spacial score (nSPS) is 12.6. The Morgan fingerprint density at radius 2 is 1.87 bits per heavy atom. The van der Waals surface area contributed by atoms with E-state index in [1.165, 1.54) is 13.0 Å². The number of hydrogen-bond donors (Lipinski definition) is 1. The lowest BCUT2D eigenvalue weighted by atomic mass is 10.0. The first-order chi connectivity index (χ1) is 14.1. The fraction of sp³-hybridized carbons (Fsp3) is 0.333. The lowest BCUT2D eigenvalue weighted by Crippen LogP contribution is -2.43. The van der Waals surface area contributed by atoms with Crippen molar-refractivity contribution in [2.24, 2.45) is 0 Å². The fourth-order valence-electron chi connectivity index (χ4n) is 3.20. The van der Waals surface area contributed by atoms with Crippen LogP contribution in [0.1, 0.15) is 46.0 Å². The highest BCUT2D eigenvalue weighted by Crippen LogP contribution is 2.25. The summed E-state index contributed by atoms with van der Waals surface area (Å²) in [5, 5.41) is 0. The summed E-state index contributed by atoms with van der Waals surface area (Å²) < 4.78 is 45.4. The summed E-state index contributed by atoms with van der Waals surface area (Å²) >= 11 is 0. The minimum Gasteiger partial charge on any atom is -0.461 e. The van der Waals surface area contributed by atoms with E-state index in [2.05, 4.69) is 11.6 Å². The third-order valence-electron chi connectivity index (χ3n) is 4.70. The van der Waals surface area contributed by atoms with Gasteiger partial charge in [0.15, 0.2) is 5.78 Å². The zero-order valence-electron chi connectivity index (χ0n) is 17.4. The molecule has 0 saturated carbocycles. The molecule has 0 aliphatic heterocycles. The van der Waals surface area contributed by atoms with Crippen LogP contribution in [0.5, 0.6) is 0 Å². The van der Waals surface area contributed by atoms with Gasteiger partial charge in [0.1, 0.15) is 11.5 Å². The van der Waals surface area contributed by atoms with Gasteiger partial charge in [-0.05, 0) is 57.5 Å². The molecule has 0 saturated heterocycles. The minimum atomic E-state index is -4.10. The molecule has 0 fully saturated rings. The van der Waals surface area contributed by atoms with Gasteiger partial charge in [-0.25, -0.2) is 17.6 Å². The van der Waals surface area contributed by atoms with Gasteiger partial charge in [0.2, 0.25) is 10.0 Å². The first-order valence-corrected chi connectivity index (χ1v) is 10.8. The van der Waals surface area contributed by atoms with Crippen molar-refractivity contribution in [2.45, 2.75) is 38.6 Å². The SMILES string of the molecule is C=CCN(C(C)C(=O)c1c(C)[nH]c(C(=O)OCC)c1C)S(=O)(=O)c1ccc(F)cc1. The smallest absolute Gasteiger partial charge is 0.355 e. The van der Waals surface area contributed by atoms with Gasteiger partial charge in [0.05, 0.1) is 17.5 Å². The summed E-state index contributed by atoms with van der Waals surface area (Å²) in [7, 11) is -4.10. The number of ketones is 1. The number of H-pyrrole nitrogens is 1. The molecule has 1 N–H and O–H groups in total. The number of nitrogens with one attached hydrogen (secondary N) is 1. The third-order valence-corrected chi connectivity index (χ3v) is 6.65. The summed E-state index contributed by atoms with van der Waals surface area (Å²) in [4.78, 5) is 28.1. The van der Waals surface area contributed by atoms with Gasteiger partial charge >= 0.3 is 5.97 Å². The number of esters is 1. The molecular formula is C21H25FN2O5S. The molecule has 1 atom stereocenters. The first-order valence-electron chi connectivity index (χ1n) is 9.35. The Balaban J connectivity index is 2.46. The number of carbonyl (C=O) groups excluding carboxylic acids is 2. The van der Waals surface area contributed by atoms with E-state index in [-0.39, 0.29) is 29.3 Å². The topological polar surface area (TPSA) is 96.5 Å². The van der Waals surface area contributed by atoms with Crippen LogP contribution in [0.2, 0.25) is 0 Å². The average Bonchev–Trinajstić information content (AvgIpc) is 2.99. The van der Waals surface area contributed by atoms with Crippen molar-refractivity contribution in [3.05, 3.63) is 65.3 Å². The summed E-state index contributed by atoms with van der Waals surface area (Å²) in [5.74, 6) is -1.64. The molecule has 9 heteroatoms. The Bertz CT molecular complexity index is 1060. The van der Waals surface area contributed by atoms with E-state index >= 15 is 0 Å². The second-order valence-electron chi connectivity index (χ2n) is 6.70. The Hall–Kier alpha value is -2.78. The molecule has 1 unspecified atom stereocenters. The molecule has 0 bridgehead atoms. The highest BCUT2D eigenvalue weighted by Gasteiger charge is 2.35. The summed E-state index contributed by atoms with van der Waals surface area (Å²) in [6, 6.07) is 3.27. The van der Waals surface area contributed by atoms with Gasteiger partial charge < -0.3 is 9.72 Å². The van der Waals surface area contributed by atoms with Gasteiger partial charge in [-0.2, -0.15) is 4.31 Å². The van der Waals surface area contributed by atoms with Gasteiger partial charge in [-0.3, -0.25) is 4.79 Å². The Morgan fingerprint density at radius 1 is 1.27 bits per heavy atom. The number of aromatic nitrogens is 1. The summed E-state index contributed by atoms with van der Waals surface area (Å²) in [6.45, 7) is 9.99. The lowest BCUT2D eigenvalue weighted by molar-refractivity contribution is 0.0519. The molecule has 1 aromatic carbocycles. The van der Waals surface area contributed by atoms with Crippen LogP contribution in [0, 0.1) is 19.7 Å². The van der Waals surface area contributed by atoms with E-state index in [1.54, 1.807) is 20.8 Å². The highest BCUT2D eigenvalue weighted by atomic mass is 32.2. The third kappa shape index (κ3) is 4.52. The highest BCUT2D eigenvalue weighted by molar-refractivity contribution is 7.89. The van der Waals surface area contributed by atoms with Crippen molar-refractivity contribution in [1.29, 1.82) is 0 Å². The van der Waals surface area contributed by atoms with Crippen molar-refractivity contribution in [3.8, 4) is 0 Å². The maximum absolute atomic E-state index is 13.3.